The van der Waals surface area contributed by atoms with Crippen LogP contribution in [0.1, 0.15) is 10.4 Å². The molecule has 0 aliphatic heterocycles. The minimum Gasteiger partial charge on any atom is -0.387 e. The lowest BCUT2D eigenvalue weighted by Gasteiger charge is -2.10. The second-order valence-corrected chi connectivity index (χ2v) is 3.28. The van der Waals surface area contributed by atoms with Gasteiger partial charge in [0.25, 0.3) is 5.91 Å². The standard InChI is InChI=1S/C11H10FN3O/c1-14-9-6-4-2-3-5-7(6)15-10(12)8(9)11(13)16/h2-5H,1H3,(H2,13,16)(H,14,15). The van der Waals surface area contributed by atoms with Gasteiger partial charge in [0.05, 0.1) is 11.2 Å². The molecule has 1 aromatic heterocycles. The fraction of sp³-hybridized carbons (Fsp3) is 0.0909. The molecule has 0 spiro atoms. The van der Waals surface area contributed by atoms with Gasteiger partial charge in [-0.25, -0.2) is 4.98 Å². The van der Waals surface area contributed by atoms with Crippen molar-refractivity contribution in [3.8, 4) is 0 Å². The van der Waals surface area contributed by atoms with Crippen molar-refractivity contribution < 1.29 is 9.18 Å². The van der Waals surface area contributed by atoms with Crippen LogP contribution in [0.4, 0.5) is 10.1 Å². The lowest BCUT2D eigenvalue weighted by Crippen LogP contribution is -2.17. The number of halogens is 1. The van der Waals surface area contributed by atoms with Crippen molar-refractivity contribution in [1.29, 1.82) is 0 Å². The Morgan fingerprint density at radius 2 is 2.12 bits per heavy atom. The Bertz CT molecular complexity index is 568. The molecule has 5 heteroatoms. The molecule has 0 radical (unpaired) electrons. The molecule has 2 rings (SSSR count). The summed E-state index contributed by atoms with van der Waals surface area (Å²) in [6.07, 6.45) is 0. The first-order valence-corrected chi connectivity index (χ1v) is 4.71. The lowest BCUT2D eigenvalue weighted by molar-refractivity contribution is 0.0996. The number of nitrogens with two attached hydrogens (primary N) is 1. The van der Waals surface area contributed by atoms with Crippen LogP contribution in [-0.4, -0.2) is 17.9 Å². The fourth-order valence-electron chi connectivity index (χ4n) is 1.67. The third-order valence-corrected chi connectivity index (χ3v) is 2.34. The highest BCUT2D eigenvalue weighted by atomic mass is 19.1. The molecule has 1 aromatic carbocycles. The number of carbonyl (C=O) groups excluding carboxylic acids is 1. The maximum Gasteiger partial charge on any atom is 0.255 e. The highest BCUT2D eigenvalue weighted by Gasteiger charge is 2.18. The van der Waals surface area contributed by atoms with E-state index >= 15 is 0 Å². The zero-order valence-electron chi connectivity index (χ0n) is 8.62. The van der Waals surface area contributed by atoms with Gasteiger partial charge in [0.2, 0.25) is 5.95 Å². The Labute approximate surface area is 91.3 Å². The molecule has 0 atom stereocenters. The molecule has 1 heterocycles. The third-order valence-electron chi connectivity index (χ3n) is 2.34. The van der Waals surface area contributed by atoms with Gasteiger partial charge in [-0.15, -0.1) is 0 Å². The normalized spacial score (nSPS) is 10.4. The van der Waals surface area contributed by atoms with Crippen LogP contribution >= 0.6 is 0 Å². The van der Waals surface area contributed by atoms with E-state index in [1.54, 1.807) is 31.3 Å². The number of para-hydroxylation sites is 1. The van der Waals surface area contributed by atoms with Gasteiger partial charge in [0.15, 0.2) is 0 Å². The number of aromatic nitrogens is 1. The number of amides is 1. The summed E-state index contributed by atoms with van der Waals surface area (Å²) < 4.78 is 13.6. The summed E-state index contributed by atoms with van der Waals surface area (Å²) in [7, 11) is 1.60. The van der Waals surface area contributed by atoms with Gasteiger partial charge in [-0.05, 0) is 6.07 Å². The average Bonchev–Trinajstić information content (AvgIpc) is 2.26. The van der Waals surface area contributed by atoms with Crippen LogP contribution < -0.4 is 11.1 Å². The van der Waals surface area contributed by atoms with E-state index in [2.05, 4.69) is 10.3 Å². The van der Waals surface area contributed by atoms with E-state index in [1.807, 2.05) is 0 Å². The molecule has 16 heavy (non-hydrogen) atoms. The molecule has 0 saturated carbocycles. The quantitative estimate of drug-likeness (QED) is 0.752. The SMILES string of the molecule is CNc1c(C(N)=O)c(F)nc2ccccc12. The molecule has 2 aromatic rings. The van der Waals surface area contributed by atoms with E-state index in [0.717, 1.165) is 0 Å². The molecule has 0 unspecified atom stereocenters. The summed E-state index contributed by atoms with van der Waals surface area (Å²) in [5.41, 5.74) is 5.77. The van der Waals surface area contributed by atoms with E-state index in [4.69, 9.17) is 5.73 Å². The number of carbonyl (C=O) groups is 1. The largest absolute Gasteiger partial charge is 0.387 e. The predicted octanol–water partition coefficient (Wildman–Crippen LogP) is 1.51. The number of hydrogen-bond acceptors (Lipinski definition) is 3. The molecular formula is C11H10FN3O. The van der Waals surface area contributed by atoms with Crippen LogP contribution in [-0.2, 0) is 0 Å². The van der Waals surface area contributed by atoms with Crippen LogP contribution in [0.2, 0.25) is 0 Å². The highest BCUT2D eigenvalue weighted by molar-refractivity contribution is 6.06. The summed E-state index contributed by atoms with van der Waals surface area (Å²) in [4.78, 5) is 14.8. The predicted molar refractivity (Wildman–Crippen MR) is 59.8 cm³/mol. The van der Waals surface area contributed by atoms with Gasteiger partial charge in [-0.2, -0.15) is 4.39 Å². The summed E-state index contributed by atoms with van der Waals surface area (Å²) in [6, 6.07) is 6.95. The Balaban J connectivity index is 2.90. The van der Waals surface area contributed by atoms with Crippen molar-refractivity contribution in [3.63, 3.8) is 0 Å². The summed E-state index contributed by atoms with van der Waals surface area (Å²) in [6.45, 7) is 0. The van der Waals surface area contributed by atoms with Gasteiger partial charge in [0, 0.05) is 12.4 Å². The van der Waals surface area contributed by atoms with E-state index in [0.29, 0.717) is 16.6 Å². The summed E-state index contributed by atoms with van der Waals surface area (Å²) in [5.74, 6) is -1.68. The maximum atomic E-state index is 13.6. The first-order valence-electron chi connectivity index (χ1n) is 4.71. The molecule has 0 aliphatic rings. The number of rotatable bonds is 2. The van der Waals surface area contributed by atoms with Gasteiger partial charge < -0.3 is 11.1 Å². The van der Waals surface area contributed by atoms with Gasteiger partial charge in [-0.1, -0.05) is 18.2 Å². The van der Waals surface area contributed by atoms with Crippen molar-refractivity contribution in [2.45, 2.75) is 0 Å². The third kappa shape index (κ3) is 1.46. The number of anilines is 1. The molecule has 0 saturated heterocycles. The van der Waals surface area contributed by atoms with E-state index in [1.165, 1.54) is 0 Å². The number of nitrogens with one attached hydrogen (secondary N) is 1. The van der Waals surface area contributed by atoms with Crippen LogP contribution in [0.3, 0.4) is 0 Å². The van der Waals surface area contributed by atoms with Crippen molar-refractivity contribution in [3.05, 3.63) is 35.8 Å². The van der Waals surface area contributed by atoms with Crippen molar-refractivity contribution >= 4 is 22.5 Å². The Kier molecular flexibility index (Phi) is 2.44. The molecule has 1 amide bonds. The smallest absolute Gasteiger partial charge is 0.255 e. The number of nitrogens with zero attached hydrogens (tertiary/aromatic N) is 1. The molecule has 0 bridgehead atoms. The van der Waals surface area contributed by atoms with Crippen molar-refractivity contribution in [2.24, 2.45) is 5.73 Å². The Morgan fingerprint density at radius 1 is 1.44 bits per heavy atom. The fourth-order valence-corrected chi connectivity index (χ4v) is 1.67. The van der Waals surface area contributed by atoms with E-state index in [-0.39, 0.29) is 5.56 Å². The van der Waals surface area contributed by atoms with Crippen LogP contribution in [0.5, 0.6) is 0 Å². The molecule has 82 valence electrons. The molecule has 3 N–H and O–H groups in total. The van der Waals surface area contributed by atoms with Gasteiger partial charge >= 0.3 is 0 Å². The Hall–Kier alpha value is -2.17. The number of primary amides is 1. The monoisotopic (exact) mass is 219 g/mol. The topological polar surface area (TPSA) is 68.0 Å². The second kappa shape index (κ2) is 3.77. The minimum absolute atomic E-state index is 0.207. The highest BCUT2D eigenvalue weighted by Crippen LogP contribution is 2.27. The van der Waals surface area contributed by atoms with Gasteiger partial charge in [0.1, 0.15) is 5.56 Å². The van der Waals surface area contributed by atoms with Gasteiger partial charge in [-0.3, -0.25) is 4.79 Å². The maximum absolute atomic E-state index is 13.6. The number of hydrogen-bond donors (Lipinski definition) is 2. The van der Waals surface area contributed by atoms with E-state index in [9.17, 15) is 9.18 Å². The number of fused-ring (bicyclic) bond motifs is 1. The van der Waals surface area contributed by atoms with Crippen LogP contribution in [0.15, 0.2) is 24.3 Å². The molecule has 0 fully saturated rings. The summed E-state index contributed by atoms with van der Waals surface area (Å²) >= 11 is 0. The van der Waals surface area contributed by atoms with E-state index < -0.39 is 11.9 Å². The first kappa shape index (κ1) is 10.4. The zero-order valence-corrected chi connectivity index (χ0v) is 8.62. The first-order chi connectivity index (χ1) is 7.65. The minimum atomic E-state index is -0.851. The number of benzene rings is 1. The molecular weight excluding hydrogens is 209 g/mol. The molecule has 0 aliphatic carbocycles. The second-order valence-electron chi connectivity index (χ2n) is 3.28. The Morgan fingerprint density at radius 3 is 2.75 bits per heavy atom. The number of pyridine rings is 1. The van der Waals surface area contributed by atoms with Crippen LogP contribution in [0.25, 0.3) is 10.9 Å². The lowest BCUT2D eigenvalue weighted by atomic mass is 10.1. The van der Waals surface area contributed by atoms with Crippen LogP contribution in [0, 0.1) is 5.95 Å². The van der Waals surface area contributed by atoms with Crippen molar-refractivity contribution in [2.75, 3.05) is 12.4 Å². The average molecular weight is 219 g/mol. The zero-order chi connectivity index (χ0) is 11.7. The molecule has 4 nitrogen and oxygen atoms in total. The van der Waals surface area contributed by atoms with Crippen molar-refractivity contribution in [1.82, 2.24) is 4.98 Å². The summed E-state index contributed by atoms with van der Waals surface area (Å²) in [5, 5.41) is 3.45.